The van der Waals surface area contributed by atoms with Crippen LogP contribution < -0.4 is 15.6 Å². The summed E-state index contributed by atoms with van der Waals surface area (Å²) in [5.74, 6) is -0.0857. The summed E-state index contributed by atoms with van der Waals surface area (Å²) in [4.78, 5) is 37.7. The Labute approximate surface area is 195 Å². The minimum Gasteiger partial charge on any atom is -0.322 e. The number of nitrogens with one attached hydrogen (secondary N) is 2. The molecule has 0 spiro atoms. The van der Waals surface area contributed by atoms with E-state index in [1.807, 2.05) is 55.5 Å². The van der Waals surface area contributed by atoms with E-state index < -0.39 is 0 Å². The molecular weight excluding hydrogens is 436 g/mol. The molecule has 0 atom stereocenters. The van der Waals surface area contributed by atoms with Crippen LogP contribution in [0.3, 0.4) is 0 Å². The number of aryl methyl sites for hydroxylation is 1. The Hall–Kier alpha value is -3.91. The Kier molecular flexibility index (Phi) is 6.85. The molecule has 33 heavy (non-hydrogen) atoms. The summed E-state index contributed by atoms with van der Waals surface area (Å²) in [5, 5.41) is 11.1. The van der Waals surface area contributed by atoms with Crippen molar-refractivity contribution in [2.45, 2.75) is 18.2 Å². The quantitative estimate of drug-likeness (QED) is 0.542. The fourth-order valence-electron chi connectivity index (χ4n) is 3.24. The summed E-state index contributed by atoms with van der Waals surface area (Å²) in [6.07, 6.45) is 0.0562. The van der Waals surface area contributed by atoms with Crippen LogP contribution in [0.2, 0.25) is 0 Å². The van der Waals surface area contributed by atoms with Gasteiger partial charge in [-0.15, -0.1) is 11.8 Å². The minimum absolute atomic E-state index is 0.0562. The molecule has 0 radical (unpaired) electrons. The number of amidine groups is 1. The maximum absolute atomic E-state index is 12.4. The molecule has 2 N–H and O–H groups in total. The van der Waals surface area contributed by atoms with Gasteiger partial charge in [-0.2, -0.15) is 10.1 Å². The maximum Gasteiger partial charge on any atom is 0.255 e. The molecule has 3 aromatic rings. The average molecular weight is 459 g/mol. The Bertz CT molecular complexity index is 1210. The van der Waals surface area contributed by atoms with Gasteiger partial charge in [-0.25, -0.2) is 0 Å². The van der Waals surface area contributed by atoms with Crippen molar-refractivity contribution >= 4 is 46.7 Å². The highest BCUT2D eigenvalue weighted by Crippen LogP contribution is 2.22. The molecule has 0 fully saturated rings. The van der Waals surface area contributed by atoms with E-state index in [1.165, 1.54) is 16.8 Å². The number of benzene rings is 3. The largest absolute Gasteiger partial charge is 0.322 e. The molecule has 166 valence electrons. The normalized spacial score (nSPS) is 12.9. The fraction of sp³-hybridized carbons (Fsp3) is 0.120. The lowest BCUT2D eigenvalue weighted by Gasteiger charge is -2.10. The zero-order valence-electron chi connectivity index (χ0n) is 17.9. The van der Waals surface area contributed by atoms with Crippen LogP contribution in [0.5, 0.6) is 0 Å². The molecule has 0 aliphatic carbocycles. The molecule has 4 rings (SSSR count). The highest BCUT2D eigenvalue weighted by atomic mass is 32.2. The summed E-state index contributed by atoms with van der Waals surface area (Å²) in [5.41, 5.74) is 2.96. The van der Waals surface area contributed by atoms with Gasteiger partial charge in [0.05, 0.1) is 17.9 Å². The number of nitrogens with zero attached hydrogens (tertiary/aromatic N) is 2. The van der Waals surface area contributed by atoms with E-state index >= 15 is 0 Å². The van der Waals surface area contributed by atoms with Crippen LogP contribution in [-0.4, -0.2) is 29.3 Å². The predicted octanol–water partition coefficient (Wildman–Crippen LogP) is 4.21. The van der Waals surface area contributed by atoms with E-state index in [0.717, 1.165) is 10.5 Å². The molecule has 0 bridgehead atoms. The third-order valence-corrected chi connectivity index (χ3v) is 5.83. The van der Waals surface area contributed by atoms with E-state index in [4.69, 9.17) is 0 Å². The monoisotopic (exact) mass is 458 g/mol. The molecule has 0 unspecified atom stereocenters. The molecule has 8 heteroatoms. The van der Waals surface area contributed by atoms with Crippen molar-refractivity contribution in [2.75, 3.05) is 16.1 Å². The number of carbonyl (C=O) groups excluding carboxylic acids is 3. The Morgan fingerprint density at radius 1 is 0.970 bits per heavy atom. The Balaban J connectivity index is 1.27. The van der Waals surface area contributed by atoms with Gasteiger partial charge in [0.25, 0.3) is 11.8 Å². The third-order valence-electron chi connectivity index (χ3n) is 4.82. The SMILES string of the molecule is Cc1cccc(C(=O)Nc2ccc(SCC(=O)NC3=NN(c4ccccc4)C(=O)C3)cc2)c1. The second-order valence-corrected chi connectivity index (χ2v) is 8.50. The van der Waals surface area contributed by atoms with Crippen LogP contribution in [0.25, 0.3) is 0 Å². The van der Waals surface area contributed by atoms with Crippen LogP contribution in [0.4, 0.5) is 11.4 Å². The topological polar surface area (TPSA) is 90.9 Å². The highest BCUT2D eigenvalue weighted by molar-refractivity contribution is 8.00. The number of hydrogen-bond acceptors (Lipinski definition) is 5. The fourth-order valence-corrected chi connectivity index (χ4v) is 3.94. The zero-order valence-corrected chi connectivity index (χ0v) is 18.8. The molecule has 3 amide bonds. The molecule has 3 aromatic carbocycles. The van der Waals surface area contributed by atoms with Gasteiger partial charge in [-0.3, -0.25) is 14.4 Å². The zero-order chi connectivity index (χ0) is 23.2. The molecular formula is C25H22N4O3S. The minimum atomic E-state index is -0.238. The summed E-state index contributed by atoms with van der Waals surface area (Å²) in [7, 11) is 0. The van der Waals surface area contributed by atoms with E-state index in [2.05, 4.69) is 15.7 Å². The lowest BCUT2D eigenvalue weighted by atomic mass is 10.1. The number of hydrogen-bond donors (Lipinski definition) is 2. The van der Waals surface area contributed by atoms with Crippen LogP contribution >= 0.6 is 11.8 Å². The van der Waals surface area contributed by atoms with E-state index in [0.29, 0.717) is 22.8 Å². The van der Waals surface area contributed by atoms with Crippen molar-refractivity contribution in [3.8, 4) is 0 Å². The van der Waals surface area contributed by atoms with Crippen molar-refractivity contribution in [3.63, 3.8) is 0 Å². The van der Waals surface area contributed by atoms with Crippen molar-refractivity contribution in [2.24, 2.45) is 5.10 Å². The van der Waals surface area contributed by atoms with Gasteiger partial charge in [-0.05, 0) is 55.5 Å². The summed E-state index contributed by atoms with van der Waals surface area (Å²) in [6.45, 7) is 1.94. The first-order valence-corrected chi connectivity index (χ1v) is 11.3. The van der Waals surface area contributed by atoms with Gasteiger partial charge in [0.1, 0.15) is 5.84 Å². The number of anilines is 2. The van der Waals surface area contributed by atoms with E-state index in [1.54, 1.807) is 30.3 Å². The van der Waals surface area contributed by atoms with Crippen LogP contribution in [0.15, 0.2) is 88.9 Å². The molecule has 1 aliphatic heterocycles. The number of thioether (sulfide) groups is 1. The molecule has 0 saturated heterocycles. The van der Waals surface area contributed by atoms with Gasteiger partial charge in [0.15, 0.2) is 0 Å². The lowest BCUT2D eigenvalue weighted by Crippen LogP contribution is -2.31. The van der Waals surface area contributed by atoms with Crippen molar-refractivity contribution in [3.05, 3.63) is 90.0 Å². The molecule has 0 saturated carbocycles. The number of carbonyl (C=O) groups is 3. The van der Waals surface area contributed by atoms with Crippen LogP contribution in [0, 0.1) is 6.92 Å². The van der Waals surface area contributed by atoms with E-state index in [-0.39, 0.29) is 29.9 Å². The lowest BCUT2D eigenvalue weighted by molar-refractivity contribution is -0.117. The number of rotatable bonds is 6. The van der Waals surface area contributed by atoms with Gasteiger partial charge < -0.3 is 10.6 Å². The van der Waals surface area contributed by atoms with Crippen LogP contribution in [0.1, 0.15) is 22.3 Å². The molecule has 1 heterocycles. The third kappa shape index (κ3) is 5.87. The average Bonchev–Trinajstić information content (AvgIpc) is 3.19. The van der Waals surface area contributed by atoms with Gasteiger partial charge in [0, 0.05) is 16.1 Å². The summed E-state index contributed by atoms with van der Waals surface area (Å²) in [6, 6.07) is 23.8. The maximum atomic E-state index is 12.4. The van der Waals surface area contributed by atoms with Crippen molar-refractivity contribution in [1.82, 2.24) is 5.32 Å². The van der Waals surface area contributed by atoms with Gasteiger partial charge in [-0.1, -0.05) is 35.9 Å². The predicted molar refractivity (Wildman–Crippen MR) is 130 cm³/mol. The number of hydrazone groups is 1. The summed E-state index contributed by atoms with van der Waals surface area (Å²) >= 11 is 1.36. The second-order valence-electron chi connectivity index (χ2n) is 7.45. The molecule has 1 aliphatic rings. The first kappa shape index (κ1) is 22.3. The molecule has 7 nitrogen and oxygen atoms in total. The summed E-state index contributed by atoms with van der Waals surface area (Å²) < 4.78 is 0. The Morgan fingerprint density at radius 2 is 1.73 bits per heavy atom. The smallest absolute Gasteiger partial charge is 0.255 e. The second kappa shape index (κ2) is 10.1. The van der Waals surface area contributed by atoms with Crippen molar-refractivity contribution < 1.29 is 14.4 Å². The van der Waals surface area contributed by atoms with E-state index in [9.17, 15) is 14.4 Å². The Morgan fingerprint density at radius 3 is 2.45 bits per heavy atom. The van der Waals surface area contributed by atoms with Gasteiger partial charge >= 0.3 is 0 Å². The highest BCUT2D eigenvalue weighted by Gasteiger charge is 2.26. The first-order valence-electron chi connectivity index (χ1n) is 10.3. The first-order chi connectivity index (χ1) is 16.0. The van der Waals surface area contributed by atoms with Gasteiger partial charge in [0.2, 0.25) is 5.91 Å². The standard InChI is InChI=1S/C25H22N4O3S/c1-17-6-5-7-18(14-17)25(32)26-19-10-12-21(13-11-19)33-16-23(30)27-22-15-24(31)29(28-22)20-8-3-2-4-9-20/h2-14H,15-16H2,1H3,(H,26,32)(H,27,28,30). The number of para-hydroxylation sites is 1. The number of amides is 3. The van der Waals surface area contributed by atoms with Crippen molar-refractivity contribution in [1.29, 1.82) is 0 Å². The molecule has 0 aromatic heterocycles. The van der Waals surface area contributed by atoms with Crippen LogP contribution in [-0.2, 0) is 9.59 Å².